The van der Waals surface area contributed by atoms with Crippen molar-refractivity contribution in [2.75, 3.05) is 26.2 Å². The van der Waals surface area contributed by atoms with E-state index in [4.69, 9.17) is 0 Å². The Kier molecular flexibility index (Phi) is 3.82. The van der Waals surface area contributed by atoms with E-state index in [0.29, 0.717) is 6.04 Å². The second-order valence-corrected chi connectivity index (χ2v) is 6.84. The second-order valence-electron chi connectivity index (χ2n) is 6.84. The highest BCUT2D eigenvalue weighted by Crippen LogP contribution is 2.40. The van der Waals surface area contributed by atoms with Crippen LogP contribution < -0.4 is 5.32 Å². The van der Waals surface area contributed by atoms with E-state index in [9.17, 15) is 14.7 Å². The first kappa shape index (κ1) is 14.6. The molecule has 2 unspecified atom stereocenters. The van der Waals surface area contributed by atoms with Gasteiger partial charge < -0.3 is 15.3 Å². The van der Waals surface area contributed by atoms with Crippen molar-refractivity contribution >= 4 is 12.0 Å². The number of carboxylic acid groups (broad SMARTS) is 1. The van der Waals surface area contributed by atoms with Crippen molar-refractivity contribution in [3.05, 3.63) is 0 Å². The van der Waals surface area contributed by atoms with Crippen molar-refractivity contribution < 1.29 is 14.7 Å². The quantitative estimate of drug-likeness (QED) is 0.815. The van der Waals surface area contributed by atoms with Gasteiger partial charge in [0, 0.05) is 19.1 Å². The summed E-state index contributed by atoms with van der Waals surface area (Å²) in [6, 6.07) is 0.240. The molecule has 0 radical (unpaired) electrons. The highest BCUT2D eigenvalue weighted by Gasteiger charge is 2.49. The summed E-state index contributed by atoms with van der Waals surface area (Å²) in [5.74, 6) is -0.843. The molecule has 6 nitrogen and oxygen atoms in total. The number of carboxylic acids is 1. The average molecular weight is 295 g/mol. The van der Waals surface area contributed by atoms with Gasteiger partial charge in [0.1, 0.15) is 5.54 Å². The van der Waals surface area contributed by atoms with Crippen LogP contribution in [-0.2, 0) is 4.79 Å². The van der Waals surface area contributed by atoms with Gasteiger partial charge in [-0.05, 0) is 58.0 Å². The van der Waals surface area contributed by atoms with Gasteiger partial charge in [-0.25, -0.2) is 9.59 Å². The van der Waals surface area contributed by atoms with Gasteiger partial charge in [0.05, 0.1) is 0 Å². The molecule has 0 aromatic rings. The zero-order chi connectivity index (χ0) is 15.0. The van der Waals surface area contributed by atoms with Crippen LogP contribution in [0.1, 0.15) is 39.0 Å². The summed E-state index contributed by atoms with van der Waals surface area (Å²) in [4.78, 5) is 28.1. The number of carbonyl (C=O) groups excluding carboxylic acids is 1. The number of rotatable bonds is 4. The smallest absolute Gasteiger partial charge is 0.329 e. The minimum atomic E-state index is -1.11. The fraction of sp³-hybridized carbons (Fsp3) is 0.867. The van der Waals surface area contributed by atoms with Crippen LogP contribution in [0.5, 0.6) is 0 Å². The molecule has 2 N–H and O–H groups in total. The van der Waals surface area contributed by atoms with Crippen LogP contribution in [-0.4, -0.2) is 64.7 Å². The van der Waals surface area contributed by atoms with Crippen molar-refractivity contribution in [2.45, 2.75) is 50.6 Å². The van der Waals surface area contributed by atoms with Crippen molar-refractivity contribution in [2.24, 2.45) is 5.92 Å². The third kappa shape index (κ3) is 2.86. The van der Waals surface area contributed by atoms with Gasteiger partial charge in [0.25, 0.3) is 0 Å². The Labute approximate surface area is 125 Å². The number of hydrogen-bond donors (Lipinski definition) is 2. The van der Waals surface area contributed by atoms with Crippen LogP contribution in [0.4, 0.5) is 4.79 Å². The van der Waals surface area contributed by atoms with Crippen LogP contribution in [0.25, 0.3) is 0 Å². The van der Waals surface area contributed by atoms with Crippen molar-refractivity contribution in [3.8, 4) is 0 Å². The second kappa shape index (κ2) is 5.48. The molecule has 6 heteroatoms. The Morgan fingerprint density at radius 1 is 1.14 bits per heavy atom. The van der Waals surface area contributed by atoms with E-state index in [2.05, 4.69) is 10.2 Å². The van der Waals surface area contributed by atoms with Gasteiger partial charge >= 0.3 is 12.0 Å². The Balaban J connectivity index is 1.57. The SMILES string of the molecule is CC(NC(=O)N1CCC(N2CCCC2)C1)(C(=O)O)C1CC1. The molecule has 2 atom stereocenters. The fourth-order valence-corrected chi connectivity index (χ4v) is 3.62. The van der Waals surface area contributed by atoms with E-state index in [0.717, 1.165) is 45.4 Å². The van der Waals surface area contributed by atoms with Crippen molar-refractivity contribution in [1.29, 1.82) is 0 Å². The largest absolute Gasteiger partial charge is 0.480 e. The molecule has 0 aromatic heterocycles. The van der Waals surface area contributed by atoms with Gasteiger partial charge in [0.2, 0.25) is 0 Å². The highest BCUT2D eigenvalue weighted by molar-refractivity contribution is 5.86. The van der Waals surface area contributed by atoms with E-state index in [1.807, 2.05) is 0 Å². The lowest BCUT2D eigenvalue weighted by Crippen LogP contribution is -2.57. The monoisotopic (exact) mass is 295 g/mol. The third-order valence-electron chi connectivity index (χ3n) is 5.31. The molecule has 0 spiro atoms. The first-order chi connectivity index (χ1) is 10.0. The number of carbonyl (C=O) groups is 2. The number of likely N-dealkylation sites (tertiary alicyclic amines) is 2. The lowest BCUT2D eigenvalue weighted by molar-refractivity contribution is -0.144. The zero-order valence-corrected chi connectivity index (χ0v) is 12.7. The molecule has 2 heterocycles. The summed E-state index contributed by atoms with van der Waals surface area (Å²) in [6.45, 7) is 5.36. The van der Waals surface area contributed by atoms with Gasteiger partial charge in [-0.1, -0.05) is 0 Å². The maximum absolute atomic E-state index is 12.4. The minimum absolute atomic E-state index is 0.0796. The number of urea groups is 1. The summed E-state index contributed by atoms with van der Waals surface area (Å²) < 4.78 is 0. The lowest BCUT2D eigenvalue weighted by Gasteiger charge is -2.29. The maximum atomic E-state index is 12.4. The Morgan fingerprint density at radius 3 is 2.38 bits per heavy atom. The highest BCUT2D eigenvalue weighted by atomic mass is 16.4. The predicted octanol–water partition coefficient (Wildman–Crippen LogP) is 1.12. The molecule has 3 aliphatic rings. The van der Waals surface area contributed by atoms with E-state index < -0.39 is 11.5 Å². The summed E-state index contributed by atoms with van der Waals surface area (Å²) in [7, 11) is 0. The summed E-state index contributed by atoms with van der Waals surface area (Å²) in [5.41, 5.74) is -1.11. The van der Waals surface area contributed by atoms with E-state index in [-0.39, 0.29) is 11.9 Å². The topological polar surface area (TPSA) is 72.9 Å². The molecule has 3 rings (SSSR count). The van der Waals surface area contributed by atoms with E-state index >= 15 is 0 Å². The normalized spacial score (nSPS) is 29.4. The van der Waals surface area contributed by atoms with Crippen LogP contribution >= 0.6 is 0 Å². The maximum Gasteiger partial charge on any atom is 0.329 e. The Bertz CT molecular complexity index is 432. The first-order valence-electron chi connectivity index (χ1n) is 8.05. The molecule has 1 saturated carbocycles. The van der Waals surface area contributed by atoms with E-state index in [1.165, 1.54) is 12.8 Å². The summed E-state index contributed by atoms with van der Waals surface area (Å²) in [6.07, 6.45) is 5.28. The lowest BCUT2D eigenvalue weighted by atomic mass is 9.96. The van der Waals surface area contributed by atoms with Crippen LogP contribution in [0, 0.1) is 5.92 Å². The molecule has 21 heavy (non-hydrogen) atoms. The third-order valence-corrected chi connectivity index (χ3v) is 5.31. The number of nitrogens with zero attached hydrogens (tertiary/aromatic N) is 2. The first-order valence-corrected chi connectivity index (χ1v) is 8.05. The number of hydrogen-bond acceptors (Lipinski definition) is 3. The number of nitrogens with one attached hydrogen (secondary N) is 1. The number of aliphatic carboxylic acids is 1. The fourth-order valence-electron chi connectivity index (χ4n) is 3.62. The Morgan fingerprint density at radius 2 is 1.81 bits per heavy atom. The predicted molar refractivity (Wildman–Crippen MR) is 78.1 cm³/mol. The van der Waals surface area contributed by atoms with Gasteiger partial charge in [-0.2, -0.15) is 0 Å². The molecule has 118 valence electrons. The number of amides is 2. The summed E-state index contributed by atoms with van der Waals surface area (Å²) in [5, 5.41) is 12.2. The van der Waals surface area contributed by atoms with Gasteiger partial charge in [-0.3, -0.25) is 4.90 Å². The molecule has 1 aliphatic carbocycles. The molecular formula is C15H25N3O3. The molecular weight excluding hydrogens is 270 g/mol. The van der Waals surface area contributed by atoms with Crippen LogP contribution in [0.2, 0.25) is 0 Å². The van der Waals surface area contributed by atoms with Crippen molar-refractivity contribution in [3.63, 3.8) is 0 Å². The van der Waals surface area contributed by atoms with Crippen molar-refractivity contribution in [1.82, 2.24) is 15.1 Å². The van der Waals surface area contributed by atoms with Crippen LogP contribution in [0.3, 0.4) is 0 Å². The standard InChI is InChI=1S/C15H25N3O3/c1-15(13(19)20,11-4-5-11)16-14(21)18-9-6-12(10-18)17-7-2-3-8-17/h11-12H,2-10H2,1H3,(H,16,21)(H,19,20). The Hall–Kier alpha value is -1.30. The molecule has 2 amide bonds. The molecule has 0 bridgehead atoms. The van der Waals surface area contributed by atoms with E-state index in [1.54, 1.807) is 11.8 Å². The minimum Gasteiger partial charge on any atom is -0.480 e. The molecule has 2 aliphatic heterocycles. The van der Waals surface area contributed by atoms with Crippen LogP contribution in [0.15, 0.2) is 0 Å². The molecule has 3 fully saturated rings. The van der Waals surface area contributed by atoms with Gasteiger partial charge in [-0.15, -0.1) is 0 Å². The summed E-state index contributed by atoms with van der Waals surface area (Å²) >= 11 is 0. The molecule has 0 aromatic carbocycles. The van der Waals surface area contributed by atoms with Gasteiger partial charge in [0.15, 0.2) is 0 Å². The average Bonchev–Trinajstić information content (AvgIpc) is 2.97. The molecule has 2 saturated heterocycles. The zero-order valence-electron chi connectivity index (χ0n) is 12.7.